The highest BCUT2D eigenvalue weighted by molar-refractivity contribution is 5.29. The second kappa shape index (κ2) is 10.9. The van der Waals surface area contributed by atoms with Crippen LogP contribution in [0.5, 0.6) is 0 Å². The molecule has 0 bridgehead atoms. The van der Waals surface area contributed by atoms with Gasteiger partial charge in [-0.15, -0.1) is 0 Å². The Hall–Kier alpha value is -1.12. The molecule has 0 atom stereocenters. The van der Waals surface area contributed by atoms with Crippen molar-refractivity contribution in [2.75, 3.05) is 12.4 Å². The Labute approximate surface area is 81.6 Å². The molecule has 0 aromatic carbocycles. The summed E-state index contributed by atoms with van der Waals surface area (Å²) in [7, 11) is 1.82. The fraction of sp³-hybridized carbons (Fsp3) is 0.600. The van der Waals surface area contributed by atoms with Gasteiger partial charge in [0.2, 0.25) is 0 Å². The van der Waals surface area contributed by atoms with Crippen molar-refractivity contribution in [2.45, 2.75) is 34.6 Å². The minimum Gasteiger partial charge on any atom is -0.372 e. The molecule has 0 radical (unpaired) electrons. The predicted octanol–water partition coefficient (Wildman–Crippen LogP) is 2.88. The molecule has 0 aliphatic heterocycles. The summed E-state index contributed by atoms with van der Waals surface area (Å²) in [5.74, 6) is 0.815. The molecule has 13 heavy (non-hydrogen) atoms. The molecule has 1 N–H and O–H groups in total. The van der Waals surface area contributed by atoms with Crippen molar-refractivity contribution in [1.82, 2.24) is 9.97 Å². The van der Waals surface area contributed by atoms with Gasteiger partial charge in [0.15, 0.2) is 0 Å². The highest BCUT2D eigenvalue weighted by Gasteiger charge is 1.87. The lowest BCUT2D eigenvalue weighted by molar-refractivity contribution is 1.11. The summed E-state index contributed by atoms with van der Waals surface area (Å²) in [6.45, 7) is 9.91. The molecule has 0 fully saturated rings. The summed E-state index contributed by atoms with van der Waals surface area (Å²) in [6.07, 6.45) is 3.41. The third kappa shape index (κ3) is 7.25. The van der Waals surface area contributed by atoms with Gasteiger partial charge in [0.05, 0.1) is 11.9 Å². The van der Waals surface area contributed by atoms with Crippen molar-refractivity contribution in [3.8, 4) is 0 Å². The summed E-state index contributed by atoms with van der Waals surface area (Å²) in [5.41, 5.74) is 0.932. The van der Waals surface area contributed by atoms with Crippen LogP contribution >= 0.6 is 0 Å². The lowest BCUT2D eigenvalue weighted by Gasteiger charge is -1.96. The summed E-state index contributed by atoms with van der Waals surface area (Å²) < 4.78 is 0. The summed E-state index contributed by atoms with van der Waals surface area (Å²) in [4.78, 5) is 8.05. The lowest BCUT2D eigenvalue weighted by atomic mass is 10.5. The van der Waals surface area contributed by atoms with Crippen LogP contribution in [0.15, 0.2) is 12.4 Å². The van der Waals surface area contributed by atoms with Crippen LogP contribution in [0.2, 0.25) is 0 Å². The Bertz CT molecular complexity index is 199. The van der Waals surface area contributed by atoms with Crippen LogP contribution < -0.4 is 5.32 Å². The Balaban J connectivity index is 0. The first-order valence-corrected chi connectivity index (χ1v) is 4.79. The molecule has 1 aromatic rings. The summed E-state index contributed by atoms with van der Waals surface area (Å²) in [5, 5.41) is 2.89. The van der Waals surface area contributed by atoms with Crippen molar-refractivity contribution < 1.29 is 0 Å². The third-order valence-corrected chi connectivity index (χ3v) is 1.01. The van der Waals surface area contributed by atoms with E-state index in [-0.39, 0.29) is 0 Å². The Morgan fingerprint density at radius 2 is 1.62 bits per heavy atom. The quantitative estimate of drug-likeness (QED) is 0.727. The Morgan fingerprint density at radius 3 is 1.92 bits per heavy atom. The van der Waals surface area contributed by atoms with Crippen LogP contribution in [0.25, 0.3) is 0 Å². The Kier molecular flexibility index (Phi) is 12.1. The van der Waals surface area contributed by atoms with E-state index in [0.717, 1.165) is 11.5 Å². The SMILES string of the molecule is CC.CC.CNc1cncc(C)n1. The van der Waals surface area contributed by atoms with E-state index in [1.54, 1.807) is 12.4 Å². The molecule has 0 amide bonds. The average molecular weight is 183 g/mol. The smallest absolute Gasteiger partial charge is 0.144 e. The fourth-order valence-electron chi connectivity index (χ4n) is 0.584. The van der Waals surface area contributed by atoms with E-state index in [1.165, 1.54) is 0 Å². The number of aryl methyl sites for hydroxylation is 1. The number of rotatable bonds is 1. The van der Waals surface area contributed by atoms with E-state index in [4.69, 9.17) is 0 Å². The number of nitrogens with zero attached hydrogens (tertiary/aromatic N) is 2. The number of anilines is 1. The molecule has 0 saturated heterocycles. The molecule has 0 unspecified atom stereocenters. The highest BCUT2D eigenvalue weighted by Crippen LogP contribution is 1.97. The van der Waals surface area contributed by atoms with Gasteiger partial charge < -0.3 is 5.32 Å². The standard InChI is InChI=1S/C6H9N3.2C2H6/c1-5-3-8-4-6(7-2)9-5;2*1-2/h3-4H,1-2H3,(H,7,9);2*1-2H3. The van der Waals surface area contributed by atoms with Crippen molar-refractivity contribution in [3.63, 3.8) is 0 Å². The van der Waals surface area contributed by atoms with E-state index in [2.05, 4.69) is 15.3 Å². The van der Waals surface area contributed by atoms with Crippen LogP contribution in [-0.4, -0.2) is 17.0 Å². The fourth-order valence-corrected chi connectivity index (χ4v) is 0.584. The lowest BCUT2D eigenvalue weighted by Crippen LogP contribution is -1.93. The molecule has 3 nitrogen and oxygen atoms in total. The minimum atomic E-state index is 0.815. The number of hydrogen-bond donors (Lipinski definition) is 1. The average Bonchev–Trinajstić information content (AvgIpc) is 2.24. The molecule has 76 valence electrons. The first kappa shape index (κ1) is 14.4. The second-order valence-corrected chi connectivity index (χ2v) is 1.80. The molecule has 3 heteroatoms. The maximum Gasteiger partial charge on any atom is 0.144 e. The zero-order valence-electron chi connectivity index (χ0n) is 9.55. The number of aromatic nitrogens is 2. The minimum absolute atomic E-state index is 0.815. The molecule has 1 heterocycles. The number of hydrogen-bond acceptors (Lipinski definition) is 3. The van der Waals surface area contributed by atoms with Crippen LogP contribution in [0.4, 0.5) is 5.82 Å². The van der Waals surface area contributed by atoms with Gasteiger partial charge in [-0.25, -0.2) is 4.98 Å². The van der Waals surface area contributed by atoms with Gasteiger partial charge in [-0.2, -0.15) is 0 Å². The van der Waals surface area contributed by atoms with Crippen LogP contribution in [0.3, 0.4) is 0 Å². The van der Waals surface area contributed by atoms with E-state index >= 15 is 0 Å². The van der Waals surface area contributed by atoms with Gasteiger partial charge in [-0.3, -0.25) is 4.98 Å². The Morgan fingerprint density at radius 1 is 1.08 bits per heavy atom. The largest absolute Gasteiger partial charge is 0.372 e. The van der Waals surface area contributed by atoms with Gasteiger partial charge in [-0.05, 0) is 6.92 Å². The summed E-state index contributed by atoms with van der Waals surface area (Å²) >= 11 is 0. The van der Waals surface area contributed by atoms with Crippen molar-refractivity contribution >= 4 is 5.82 Å². The van der Waals surface area contributed by atoms with Gasteiger partial charge in [0, 0.05) is 13.2 Å². The van der Waals surface area contributed by atoms with E-state index in [9.17, 15) is 0 Å². The van der Waals surface area contributed by atoms with E-state index in [0.29, 0.717) is 0 Å². The molecule has 0 aliphatic rings. The molecule has 1 aromatic heterocycles. The van der Waals surface area contributed by atoms with Crippen molar-refractivity contribution in [1.29, 1.82) is 0 Å². The second-order valence-electron chi connectivity index (χ2n) is 1.80. The van der Waals surface area contributed by atoms with Gasteiger partial charge in [0.25, 0.3) is 0 Å². The van der Waals surface area contributed by atoms with Gasteiger partial charge >= 0.3 is 0 Å². The maximum absolute atomic E-state index is 4.12. The monoisotopic (exact) mass is 183 g/mol. The molecule has 0 spiro atoms. The normalized spacial score (nSPS) is 7.23. The first-order chi connectivity index (χ1) is 6.33. The first-order valence-electron chi connectivity index (χ1n) is 4.79. The molecule has 1 rings (SSSR count). The van der Waals surface area contributed by atoms with Gasteiger partial charge in [-0.1, -0.05) is 27.7 Å². The van der Waals surface area contributed by atoms with Crippen LogP contribution in [-0.2, 0) is 0 Å². The summed E-state index contributed by atoms with van der Waals surface area (Å²) in [6, 6.07) is 0. The zero-order chi connectivity index (χ0) is 10.7. The predicted molar refractivity (Wildman–Crippen MR) is 59.0 cm³/mol. The maximum atomic E-state index is 4.12. The third-order valence-electron chi connectivity index (χ3n) is 1.01. The zero-order valence-corrected chi connectivity index (χ0v) is 9.55. The highest BCUT2D eigenvalue weighted by atomic mass is 15.0. The van der Waals surface area contributed by atoms with Crippen molar-refractivity contribution in [2.24, 2.45) is 0 Å². The topological polar surface area (TPSA) is 37.8 Å². The van der Waals surface area contributed by atoms with Crippen molar-refractivity contribution in [3.05, 3.63) is 18.1 Å². The molecule has 0 saturated carbocycles. The van der Waals surface area contributed by atoms with E-state index in [1.807, 2.05) is 41.7 Å². The number of nitrogens with one attached hydrogen (secondary N) is 1. The van der Waals surface area contributed by atoms with E-state index < -0.39 is 0 Å². The molecule has 0 aliphatic carbocycles. The van der Waals surface area contributed by atoms with Crippen LogP contribution in [0.1, 0.15) is 33.4 Å². The van der Waals surface area contributed by atoms with Crippen LogP contribution in [0, 0.1) is 6.92 Å². The molecular weight excluding hydrogens is 162 g/mol. The molecular formula is C10H21N3. The van der Waals surface area contributed by atoms with Gasteiger partial charge in [0.1, 0.15) is 5.82 Å².